The van der Waals surface area contributed by atoms with Crippen molar-refractivity contribution in [3.05, 3.63) is 140 Å². The molecular formula is C37H33N3O8S. The van der Waals surface area contributed by atoms with Gasteiger partial charge in [0.25, 0.3) is 11.6 Å². The number of ether oxygens (including phenoxy) is 3. The van der Waals surface area contributed by atoms with Crippen LogP contribution in [0.3, 0.4) is 0 Å². The molecule has 1 saturated heterocycles. The van der Waals surface area contributed by atoms with Gasteiger partial charge in [-0.1, -0.05) is 30.3 Å². The lowest BCUT2D eigenvalue weighted by atomic mass is 10.0. The average Bonchev–Trinajstić information content (AvgIpc) is 3.37. The molecule has 12 heteroatoms. The number of thioether (sulfide) groups is 1. The first-order valence-corrected chi connectivity index (χ1v) is 16.0. The second-order valence-corrected chi connectivity index (χ2v) is 11.8. The molecule has 0 spiro atoms. The van der Waals surface area contributed by atoms with Gasteiger partial charge in [-0.2, -0.15) is 0 Å². The number of allylic oxidation sites excluding steroid dienone is 1. The average molecular weight is 680 g/mol. The summed E-state index contributed by atoms with van der Waals surface area (Å²) in [5, 5.41) is 21.0. The Morgan fingerprint density at radius 2 is 1.80 bits per heavy atom. The van der Waals surface area contributed by atoms with Gasteiger partial charge in [0.1, 0.15) is 12.4 Å². The van der Waals surface area contributed by atoms with E-state index in [-0.39, 0.29) is 30.3 Å². The summed E-state index contributed by atoms with van der Waals surface area (Å²) in [4.78, 5) is 42.9. The third kappa shape index (κ3) is 8.54. The first-order valence-electron chi connectivity index (χ1n) is 15.2. The van der Waals surface area contributed by atoms with Gasteiger partial charge in [-0.15, -0.1) is 6.58 Å². The van der Waals surface area contributed by atoms with Crippen LogP contribution in [0.2, 0.25) is 0 Å². The molecule has 1 aliphatic rings. The van der Waals surface area contributed by atoms with Crippen LogP contribution in [-0.2, 0) is 24.4 Å². The summed E-state index contributed by atoms with van der Waals surface area (Å²) < 4.78 is 17.4. The van der Waals surface area contributed by atoms with E-state index in [1.54, 1.807) is 78.8 Å². The number of rotatable bonds is 14. The molecule has 11 nitrogen and oxygen atoms in total. The molecule has 1 N–H and O–H groups in total. The third-order valence-corrected chi connectivity index (χ3v) is 8.35. The highest BCUT2D eigenvalue weighted by atomic mass is 32.2. The molecule has 0 atom stereocenters. The lowest BCUT2D eigenvalue weighted by Gasteiger charge is -2.17. The van der Waals surface area contributed by atoms with Gasteiger partial charge in [-0.25, -0.2) is 9.79 Å². The molecular weight excluding hydrogens is 646 g/mol. The minimum Gasteiger partial charge on any atom is -0.497 e. The topological polar surface area (TPSA) is 141 Å². The molecule has 1 heterocycles. The lowest BCUT2D eigenvalue weighted by Crippen LogP contribution is -2.28. The normalized spacial score (nSPS) is 14.2. The van der Waals surface area contributed by atoms with E-state index in [9.17, 15) is 24.8 Å². The number of aromatic carboxylic acids is 1. The van der Waals surface area contributed by atoms with E-state index in [4.69, 9.17) is 19.2 Å². The molecule has 1 fully saturated rings. The highest BCUT2D eigenvalue weighted by molar-refractivity contribution is 8.18. The fourth-order valence-electron chi connectivity index (χ4n) is 5.00. The number of carboxylic acid groups (broad SMARTS) is 1. The van der Waals surface area contributed by atoms with Crippen molar-refractivity contribution in [2.45, 2.75) is 26.5 Å². The van der Waals surface area contributed by atoms with Crippen molar-refractivity contribution in [3.8, 4) is 17.2 Å². The fraction of sp³-hybridized carbons (Fsp3) is 0.162. The van der Waals surface area contributed by atoms with Gasteiger partial charge in [0.05, 0.1) is 41.3 Å². The van der Waals surface area contributed by atoms with E-state index in [0.29, 0.717) is 57.2 Å². The maximum atomic E-state index is 13.9. The summed E-state index contributed by atoms with van der Waals surface area (Å²) in [7, 11) is 1.58. The summed E-state index contributed by atoms with van der Waals surface area (Å²) in [5.74, 6) is 0.307. The van der Waals surface area contributed by atoms with E-state index in [1.165, 1.54) is 36.0 Å². The van der Waals surface area contributed by atoms with E-state index >= 15 is 0 Å². The quantitative estimate of drug-likeness (QED) is 0.0611. The number of carbonyl (C=O) groups excluding carboxylic acids is 1. The van der Waals surface area contributed by atoms with Crippen LogP contribution < -0.4 is 14.2 Å². The maximum absolute atomic E-state index is 13.9. The molecule has 250 valence electrons. The number of aliphatic imine (C=N–C) groups is 1. The Labute approximate surface area is 287 Å². The minimum absolute atomic E-state index is 0.0284. The van der Waals surface area contributed by atoms with Crippen molar-refractivity contribution < 1.29 is 33.8 Å². The molecule has 4 aromatic rings. The number of nitro benzene ring substituents is 1. The van der Waals surface area contributed by atoms with Crippen LogP contribution in [0.25, 0.3) is 6.08 Å². The van der Waals surface area contributed by atoms with Crippen LogP contribution >= 0.6 is 11.8 Å². The van der Waals surface area contributed by atoms with Crippen LogP contribution in [-0.4, -0.2) is 45.7 Å². The highest BCUT2D eigenvalue weighted by Crippen LogP contribution is 2.39. The largest absolute Gasteiger partial charge is 0.497 e. The van der Waals surface area contributed by atoms with Crippen molar-refractivity contribution in [1.82, 2.24) is 4.90 Å². The Balaban J connectivity index is 1.49. The van der Waals surface area contributed by atoms with E-state index in [1.807, 2.05) is 13.0 Å². The van der Waals surface area contributed by atoms with Crippen LogP contribution in [0.1, 0.15) is 39.5 Å². The predicted octanol–water partition coefficient (Wildman–Crippen LogP) is 7.81. The second kappa shape index (κ2) is 15.8. The van der Waals surface area contributed by atoms with E-state index < -0.39 is 10.9 Å². The van der Waals surface area contributed by atoms with Crippen LogP contribution in [0.15, 0.2) is 107 Å². The van der Waals surface area contributed by atoms with Crippen molar-refractivity contribution in [1.29, 1.82) is 0 Å². The van der Waals surface area contributed by atoms with Gasteiger partial charge in [-0.3, -0.25) is 19.8 Å². The van der Waals surface area contributed by atoms with Gasteiger partial charge in [0.15, 0.2) is 16.7 Å². The van der Waals surface area contributed by atoms with Gasteiger partial charge < -0.3 is 19.3 Å². The number of nitrogens with zero attached hydrogens (tertiary/aromatic N) is 3. The Morgan fingerprint density at radius 1 is 1.04 bits per heavy atom. The first kappa shape index (κ1) is 34.5. The van der Waals surface area contributed by atoms with Crippen LogP contribution in [0, 0.1) is 10.1 Å². The molecule has 0 saturated carbocycles. The summed E-state index contributed by atoms with van der Waals surface area (Å²) in [6.45, 7) is 6.34. The van der Waals surface area contributed by atoms with Crippen LogP contribution in [0.5, 0.6) is 17.2 Å². The fourth-order valence-corrected chi connectivity index (χ4v) is 6.00. The molecule has 1 aliphatic heterocycles. The van der Waals surface area contributed by atoms with Crippen LogP contribution in [0.4, 0.5) is 11.4 Å². The summed E-state index contributed by atoms with van der Waals surface area (Å²) >= 11 is 1.22. The monoisotopic (exact) mass is 679 g/mol. The van der Waals surface area contributed by atoms with Crippen molar-refractivity contribution in [2.75, 3.05) is 13.7 Å². The number of carbonyl (C=O) groups is 2. The minimum atomic E-state index is -1.03. The number of non-ortho nitro benzene ring substituents is 1. The predicted molar refractivity (Wildman–Crippen MR) is 189 cm³/mol. The molecule has 0 aliphatic carbocycles. The van der Waals surface area contributed by atoms with Crippen molar-refractivity contribution >= 4 is 46.3 Å². The summed E-state index contributed by atoms with van der Waals surface area (Å²) in [6.07, 6.45) is 3.93. The zero-order valence-corrected chi connectivity index (χ0v) is 27.6. The molecule has 49 heavy (non-hydrogen) atoms. The number of amidine groups is 1. The molecule has 0 unspecified atom stereocenters. The van der Waals surface area contributed by atoms with Gasteiger partial charge >= 0.3 is 5.97 Å². The number of carboxylic acids is 1. The van der Waals surface area contributed by atoms with Gasteiger partial charge in [0.2, 0.25) is 0 Å². The SMILES string of the molecule is C=CCc1cc(/C=C2\SC(=Nc3ccc(OC)cc3)N(Cc3ccc(C(=O)O)cc3)C2=O)cc(OCC)c1OCc1cccc([N+](=O)[O-])c1. The molecule has 5 rings (SSSR count). The number of hydrogen-bond acceptors (Lipinski definition) is 9. The molecule has 4 aromatic carbocycles. The number of benzene rings is 4. The zero-order valence-electron chi connectivity index (χ0n) is 26.8. The van der Waals surface area contributed by atoms with Crippen molar-refractivity contribution in [3.63, 3.8) is 0 Å². The second-order valence-electron chi connectivity index (χ2n) is 10.7. The summed E-state index contributed by atoms with van der Waals surface area (Å²) in [5.41, 5.74) is 3.56. The van der Waals surface area contributed by atoms with Gasteiger partial charge in [0, 0.05) is 17.7 Å². The first-order chi connectivity index (χ1) is 23.7. The Hall–Kier alpha value is -5.88. The number of methoxy groups -OCH3 is 1. The van der Waals surface area contributed by atoms with Gasteiger partial charge in [-0.05, 0) is 96.4 Å². The highest BCUT2D eigenvalue weighted by Gasteiger charge is 2.34. The Kier molecular flexibility index (Phi) is 11.1. The molecule has 0 bridgehead atoms. The number of hydrogen-bond donors (Lipinski definition) is 1. The summed E-state index contributed by atoms with van der Waals surface area (Å²) in [6, 6.07) is 23.4. The van der Waals surface area contributed by atoms with E-state index in [0.717, 1.165) is 11.1 Å². The number of nitro groups is 1. The van der Waals surface area contributed by atoms with Crippen molar-refractivity contribution in [2.24, 2.45) is 4.99 Å². The molecule has 0 radical (unpaired) electrons. The third-order valence-electron chi connectivity index (χ3n) is 7.35. The smallest absolute Gasteiger partial charge is 0.335 e. The standard InChI is InChI=1S/C37H33N3O8S/c1-4-7-28-18-26(20-32(47-5-2)34(28)48-23-25-8-6-9-30(19-25)40(44)45)21-33-35(41)39(22-24-10-12-27(13-11-24)36(42)43)37(49-33)38-29-14-16-31(46-3)17-15-29/h4,6,8-21H,1,5,7,22-23H2,2-3H3,(H,42,43)/b33-21-,38-37?. The molecule has 0 aromatic heterocycles. The Morgan fingerprint density at radius 3 is 2.45 bits per heavy atom. The zero-order chi connectivity index (χ0) is 34.9. The molecule has 1 amide bonds. The Bertz CT molecular complexity index is 1940. The lowest BCUT2D eigenvalue weighted by molar-refractivity contribution is -0.384. The number of amides is 1. The van der Waals surface area contributed by atoms with E-state index in [2.05, 4.69) is 6.58 Å². The maximum Gasteiger partial charge on any atom is 0.335 e.